The Bertz CT molecular complexity index is 539. The summed E-state index contributed by atoms with van der Waals surface area (Å²) in [5, 5.41) is 13.7. The van der Waals surface area contributed by atoms with Crippen LogP contribution in [0.5, 0.6) is 0 Å². The second-order valence-electron chi connectivity index (χ2n) is 4.28. The molecule has 1 aliphatic carbocycles. The summed E-state index contributed by atoms with van der Waals surface area (Å²) in [4.78, 5) is 21.8. The van der Waals surface area contributed by atoms with Crippen LogP contribution in [0.25, 0.3) is 6.08 Å². The largest absolute Gasteiger partial charge is 0.478 e. The minimum Gasteiger partial charge on any atom is -0.478 e. The predicted octanol–water partition coefficient (Wildman–Crippen LogP) is 2.21. The lowest BCUT2D eigenvalue weighted by atomic mass is 10.2. The SMILES string of the molecule is O=C(O)C=Cc1ccc(NC(=O)NC2CC2)cc1F. The average molecular weight is 264 g/mol. The van der Waals surface area contributed by atoms with Gasteiger partial charge in [-0.1, -0.05) is 0 Å². The number of rotatable bonds is 4. The molecule has 0 unspecified atom stereocenters. The fourth-order valence-corrected chi connectivity index (χ4v) is 1.48. The van der Waals surface area contributed by atoms with E-state index in [1.165, 1.54) is 12.1 Å². The topological polar surface area (TPSA) is 78.4 Å². The van der Waals surface area contributed by atoms with Gasteiger partial charge in [0, 0.05) is 23.4 Å². The predicted molar refractivity (Wildman–Crippen MR) is 68.2 cm³/mol. The van der Waals surface area contributed by atoms with Crippen LogP contribution < -0.4 is 10.6 Å². The van der Waals surface area contributed by atoms with Crippen molar-refractivity contribution in [2.75, 3.05) is 5.32 Å². The molecule has 100 valence electrons. The number of hydrogen-bond acceptors (Lipinski definition) is 2. The molecule has 0 aromatic heterocycles. The van der Waals surface area contributed by atoms with Crippen molar-refractivity contribution in [3.05, 3.63) is 35.7 Å². The number of carboxylic acids is 1. The monoisotopic (exact) mass is 264 g/mol. The van der Waals surface area contributed by atoms with Crippen LogP contribution in [-0.4, -0.2) is 23.1 Å². The maximum Gasteiger partial charge on any atom is 0.328 e. The standard InChI is InChI=1S/C13H13FN2O3/c14-11-7-10(16-13(19)15-9-4-5-9)3-1-8(11)2-6-12(17)18/h1-3,6-7,9H,4-5H2,(H,17,18)(H2,15,16,19). The van der Waals surface area contributed by atoms with Gasteiger partial charge in [-0.25, -0.2) is 14.0 Å². The van der Waals surface area contributed by atoms with Crippen molar-refractivity contribution in [1.82, 2.24) is 5.32 Å². The maximum absolute atomic E-state index is 13.6. The Balaban J connectivity index is 2.01. The van der Waals surface area contributed by atoms with Crippen LogP contribution in [0.1, 0.15) is 18.4 Å². The maximum atomic E-state index is 13.6. The van der Waals surface area contributed by atoms with E-state index in [1.54, 1.807) is 0 Å². The third-order valence-corrected chi connectivity index (χ3v) is 2.58. The number of benzene rings is 1. The van der Waals surface area contributed by atoms with Crippen LogP contribution in [0.3, 0.4) is 0 Å². The molecule has 1 aliphatic rings. The molecule has 2 rings (SSSR count). The van der Waals surface area contributed by atoms with Crippen LogP contribution in [-0.2, 0) is 4.79 Å². The molecule has 0 atom stereocenters. The smallest absolute Gasteiger partial charge is 0.328 e. The third-order valence-electron chi connectivity index (χ3n) is 2.58. The first kappa shape index (κ1) is 13.1. The quantitative estimate of drug-likeness (QED) is 0.729. The highest BCUT2D eigenvalue weighted by atomic mass is 19.1. The summed E-state index contributed by atoms with van der Waals surface area (Å²) in [5.74, 6) is -1.74. The van der Waals surface area contributed by atoms with Crippen LogP contribution >= 0.6 is 0 Å². The number of carbonyl (C=O) groups is 2. The number of carbonyl (C=O) groups excluding carboxylic acids is 1. The fraction of sp³-hybridized carbons (Fsp3) is 0.231. The first-order chi connectivity index (χ1) is 9.04. The second-order valence-corrected chi connectivity index (χ2v) is 4.28. The van der Waals surface area contributed by atoms with Crippen molar-refractivity contribution in [1.29, 1.82) is 0 Å². The molecule has 6 heteroatoms. The lowest BCUT2D eigenvalue weighted by Crippen LogP contribution is -2.30. The van der Waals surface area contributed by atoms with E-state index in [0.29, 0.717) is 5.69 Å². The molecule has 19 heavy (non-hydrogen) atoms. The summed E-state index contributed by atoms with van der Waals surface area (Å²) in [7, 11) is 0. The molecule has 0 spiro atoms. The summed E-state index contributed by atoms with van der Waals surface area (Å²) in [6.45, 7) is 0. The first-order valence-corrected chi connectivity index (χ1v) is 5.82. The molecule has 0 heterocycles. The molecule has 1 fully saturated rings. The van der Waals surface area contributed by atoms with Crippen molar-refractivity contribution < 1.29 is 19.1 Å². The van der Waals surface area contributed by atoms with E-state index in [4.69, 9.17) is 5.11 Å². The zero-order valence-electron chi connectivity index (χ0n) is 10.0. The molecule has 2 amide bonds. The lowest BCUT2D eigenvalue weighted by Gasteiger charge is -2.07. The number of carboxylic acid groups (broad SMARTS) is 1. The number of anilines is 1. The van der Waals surface area contributed by atoms with Crippen molar-refractivity contribution in [3.63, 3.8) is 0 Å². The van der Waals surface area contributed by atoms with E-state index in [2.05, 4.69) is 10.6 Å². The van der Waals surface area contributed by atoms with Crippen molar-refractivity contribution >= 4 is 23.8 Å². The van der Waals surface area contributed by atoms with Crippen LogP contribution in [0.2, 0.25) is 0 Å². The van der Waals surface area contributed by atoms with Crippen LogP contribution in [0.4, 0.5) is 14.9 Å². The number of nitrogens with one attached hydrogen (secondary N) is 2. The number of hydrogen-bond donors (Lipinski definition) is 3. The Morgan fingerprint density at radius 2 is 2.11 bits per heavy atom. The molecule has 0 bridgehead atoms. The van der Waals surface area contributed by atoms with Gasteiger partial charge in [-0.2, -0.15) is 0 Å². The fourth-order valence-electron chi connectivity index (χ4n) is 1.48. The highest BCUT2D eigenvalue weighted by molar-refractivity contribution is 5.90. The molecule has 1 aromatic rings. The lowest BCUT2D eigenvalue weighted by molar-refractivity contribution is -0.131. The zero-order chi connectivity index (χ0) is 13.8. The molecule has 3 N–H and O–H groups in total. The van der Waals surface area contributed by atoms with Crippen LogP contribution in [0.15, 0.2) is 24.3 Å². The van der Waals surface area contributed by atoms with Gasteiger partial charge in [0.25, 0.3) is 0 Å². The van der Waals surface area contributed by atoms with Gasteiger partial charge in [0.15, 0.2) is 0 Å². The zero-order valence-corrected chi connectivity index (χ0v) is 10.0. The summed E-state index contributed by atoms with van der Waals surface area (Å²) in [5.41, 5.74) is 0.471. The van der Waals surface area contributed by atoms with E-state index in [1.807, 2.05) is 0 Å². The third kappa shape index (κ3) is 4.09. The van der Waals surface area contributed by atoms with E-state index in [9.17, 15) is 14.0 Å². The van der Waals surface area contributed by atoms with Gasteiger partial charge in [-0.15, -0.1) is 0 Å². The molecule has 0 saturated heterocycles. The molecular weight excluding hydrogens is 251 g/mol. The van der Waals surface area contributed by atoms with E-state index >= 15 is 0 Å². The summed E-state index contributed by atoms with van der Waals surface area (Å²) < 4.78 is 13.6. The van der Waals surface area contributed by atoms with Gasteiger partial charge >= 0.3 is 12.0 Å². The van der Waals surface area contributed by atoms with Crippen molar-refractivity contribution in [2.24, 2.45) is 0 Å². The highest BCUT2D eigenvalue weighted by Gasteiger charge is 2.23. The highest BCUT2D eigenvalue weighted by Crippen LogP contribution is 2.19. The molecular formula is C13H13FN2O3. The molecule has 5 nitrogen and oxygen atoms in total. The number of amides is 2. The summed E-state index contributed by atoms with van der Waals surface area (Å²) >= 11 is 0. The van der Waals surface area contributed by atoms with Crippen LogP contribution in [0, 0.1) is 5.82 Å². The molecule has 0 aliphatic heterocycles. The molecule has 0 radical (unpaired) electrons. The van der Waals surface area contributed by atoms with Gasteiger partial charge in [-0.3, -0.25) is 0 Å². The Morgan fingerprint density at radius 3 is 2.68 bits per heavy atom. The van der Waals surface area contributed by atoms with Crippen molar-refractivity contribution in [3.8, 4) is 0 Å². The summed E-state index contributed by atoms with van der Waals surface area (Å²) in [6, 6.07) is 3.92. The normalized spacial score (nSPS) is 14.4. The second kappa shape index (κ2) is 5.51. The minimum atomic E-state index is -1.15. The Hall–Kier alpha value is -2.37. The number of halogens is 1. The Kier molecular flexibility index (Phi) is 3.79. The minimum absolute atomic E-state index is 0.149. The Morgan fingerprint density at radius 1 is 1.37 bits per heavy atom. The van der Waals surface area contributed by atoms with E-state index < -0.39 is 11.8 Å². The van der Waals surface area contributed by atoms with Gasteiger partial charge in [-0.05, 0) is 37.1 Å². The average Bonchev–Trinajstić information content (AvgIpc) is 3.11. The Labute approximate surface area is 109 Å². The van der Waals surface area contributed by atoms with Crippen molar-refractivity contribution in [2.45, 2.75) is 18.9 Å². The van der Waals surface area contributed by atoms with Gasteiger partial charge in [0.1, 0.15) is 5.82 Å². The molecule has 1 aromatic carbocycles. The van der Waals surface area contributed by atoms with E-state index in [0.717, 1.165) is 31.1 Å². The van der Waals surface area contributed by atoms with Gasteiger partial charge in [0.2, 0.25) is 0 Å². The molecule has 1 saturated carbocycles. The van der Waals surface area contributed by atoms with Gasteiger partial charge < -0.3 is 15.7 Å². The number of urea groups is 1. The van der Waals surface area contributed by atoms with E-state index in [-0.39, 0.29) is 17.6 Å². The number of aliphatic carboxylic acids is 1. The summed E-state index contributed by atoms with van der Waals surface area (Å²) in [6.07, 6.45) is 3.96. The first-order valence-electron chi connectivity index (χ1n) is 5.82. The van der Waals surface area contributed by atoms with Gasteiger partial charge in [0.05, 0.1) is 0 Å².